The second-order valence-corrected chi connectivity index (χ2v) is 7.30. The van der Waals surface area contributed by atoms with Gasteiger partial charge in [-0.2, -0.15) is 0 Å². The van der Waals surface area contributed by atoms with Crippen LogP contribution in [0.1, 0.15) is 18.0 Å². The van der Waals surface area contributed by atoms with E-state index in [2.05, 4.69) is 14.9 Å². The predicted molar refractivity (Wildman–Crippen MR) is 109 cm³/mol. The van der Waals surface area contributed by atoms with Gasteiger partial charge in [-0.25, -0.2) is 19.2 Å². The minimum absolute atomic E-state index is 0.0431. The fraction of sp³-hybridized carbons (Fsp3) is 0.227. The average Bonchev–Trinajstić information content (AvgIpc) is 3.51. The molecule has 3 aromatic heterocycles. The van der Waals surface area contributed by atoms with E-state index < -0.39 is 0 Å². The number of carbonyl (C=O) groups is 1. The van der Waals surface area contributed by atoms with Crippen LogP contribution < -0.4 is 5.32 Å². The molecule has 1 fully saturated rings. The maximum atomic E-state index is 13.0. The highest BCUT2D eigenvalue weighted by atomic mass is 19.1. The van der Waals surface area contributed by atoms with Crippen molar-refractivity contribution in [2.75, 3.05) is 13.1 Å². The molecule has 5 rings (SSSR count). The Morgan fingerprint density at radius 2 is 2.07 bits per heavy atom. The molecule has 8 heteroatoms. The molecule has 1 aliphatic rings. The monoisotopic (exact) mass is 405 g/mol. The fourth-order valence-electron chi connectivity index (χ4n) is 3.88. The topological polar surface area (TPSA) is 76.2 Å². The first kappa shape index (κ1) is 18.4. The molecule has 0 bridgehead atoms. The molecule has 0 radical (unpaired) electrons. The molecule has 1 N–H and O–H groups in total. The van der Waals surface area contributed by atoms with Crippen LogP contribution in [0.5, 0.6) is 0 Å². The summed E-state index contributed by atoms with van der Waals surface area (Å²) < 4.78 is 20.7. The summed E-state index contributed by atoms with van der Waals surface area (Å²) in [6.45, 7) is 1.53. The highest BCUT2D eigenvalue weighted by Gasteiger charge is 2.31. The van der Waals surface area contributed by atoms with Crippen LogP contribution in [-0.4, -0.2) is 38.6 Å². The molecule has 1 atom stereocenters. The Morgan fingerprint density at radius 1 is 1.20 bits per heavy atom. The Hall–Kier alpha value is -3.68. The van der Waals surface area contributed by atoms with Crippen LogP contribution >= 0.6 is 0 Å². The van der Waals surface area contributed by atoms with Gasteiger partial charge in [0.05, 0.1) is 12.3 Å². The summed E-state index contributed by atoms with van der Waals surface area (Å²) in [7, 11) is 0. The van der Waals surface area contributed by atoms with Gasteiger partial charge in [-0.05, 0) is 48.4 Å². The van der Waals surface area contributed by atoms with Crippen molar-refractivity contribution in [1.29, 1.82) is 0 Å². The minimum Gasteiger partial charge on any atom is -0.461 e. The molecule has 152 valence electrons. The van der Waals surface area contributed by atoms with Crippen molar-refractivity contribution in [3.63, 3.8) is 0 Å². The molecule has 4 heterocycles. The lowest BCUT2D eigenvalue weighted by molar-refractivity contribution is 0.207. The number of fused-ring (bicyclic) bond motifs is 1. The standard InChI is InChI=1S/C22H20FN5O2/c23-16-7-5-15(6-8-16)13-25-22(29)27-11-9-17(14-27)28-20-18(3-1-10-24-20)26-21(28)19-4-2-12-30-19/h1-8,10,12,17H,9,11,13-14H2,(H,25,29)/t17-/m0/s1. The van der Waals surface area contributed by atoms with Crippen molar-refractivity contribution in [3.05, 3.63) is 72.4 Å². The average molecular weight is 405 g/mol. The number of carbonyl (C=O) groups excluding carboxylic acids is 1. The van der Waals surface area contributed by atoms with Gasteiger partial charge < -0.3 is 19.2 Å². The molecule has 0 unspecified atom stereocenters. The number of nitrogens with one attached hydrogen (secondary N) is 1. The van der Waals surface area contributed by atoms with Gasteiger partial charge in [0.1, 0.15) is 11.3 Å². The fourth-order valence-corrected chi connectivity index (χ4v) is 3.88. The second kappa shape index (κ2) is 7.62. The van der Waals surface area contributed by atoms with Gasteiger partial charge in [-0.3, -0.25) is 0 Å². The van der Waals surface area contributed by atoms with E-state index in [1.54, 1.807) is 29.5 Å². The smallest absolute Gasteiger partial charge is 0.317 e. The molecular formula is C22H20FN5O2. The number of aromatic nitrogens is 3. The maximum Gasteiger partial charge on any atom is 0.317 e. The Balaban J connectivity index is 1.34. The van der Waals surface area contributed by atoms with Crippen LogP contribution in [0.2, 0.25) is 0 Å². The molecule has 1 saturated heterocycles. The largest absolute Gasteiger partial charge is 0.461 e. The molecule has 1 aliphatic heterocycles. The molecule has 1 aromatic carbocycles. The zero-order valence-electron chi connectivity index (χ0n) is 16.2. The van der Waals surface area contributed by atoms with Gasteiger partial charge in [-0.1, -0.05) is 12.1 Å². The van der Waals surface area contributed by atoms with E-state index in [-0.39, 0.29) is 17.9 Å². The number of rotatable bonds is 4. The summed E-state index contributed by atoms with van der Waals surface area (Å²) in [5, 5.41) is 2.91. The summed E-state index contributed by atoms with van der Waals surface area (Å²) in [6, 6.07) is 13.5. The van der Waals surface area contributed by atoms with Crippen molar-refractivity contribution in [2.45, 2.75) is 19.0 Å². The summed E-state index contributed by atoms with van der Waals surface area (Å²) in [6.07, 6.45) is 4.16. The van der Waals surface area contributed by atoms with E-state index >= 15 is 0 Å². The van der Waals surface area contributed by atoms with Crippen molar-refractivity contribution >= 4 is 17.2 Å². The number of nitrogens with zero attached hydrogens (tertiary/aromatic N) is 4. The van der Waals surface area contributed by atoms with Gasteiger partial charge in [-0.15, -0.1) is 0 Å². The first-order valence-corrected chi connectivity index (χ1v) is 9.83. The molecular weight excluding hydrogens is 385 g/mol. The maximum absolute atomic E-state index is 13.0. The van der Waals surface area contributed by atoms with Crippen molar-refractivity contribution < 1.29 is 13.6 Å². The number of pyridine rings is 1. The first-order chi connectivity index (χ1) is 14.7. The number of imidazole rings is 1. The van der Waals surface area contributed by atoms with E-state index in [1.807, 2.05) is 24.3 Å². The third-order valence-corrected chi connectivity index (χ3v) is 5.36. The quantitative estimate of drug-likeness (QED) is 0.557. The van der Waals surface area contributed by atoms with E-state index in [4.69, 9.17) is 9.40 Å². The van der Waals surface area contributed by atoms with Crippen molar-refractivity contribution in [3.8, 4) is 11.6 Å². The zero-order valence-corrected chi connectivity index (χ0v) is 16.2. The van der Waals surface area contributed by atoms with E-state index in [0.29, 0.717) is 31.2 Å². The molecule has 30 heavy (non-hydrogen) atoms. The molecule has 0 aliphatic carbocycles. The van der Waals surface area contributed by atoms with Gasteiger partial charge in [0.2, 0.25) is 0 Å². The summed E-state index contributed by atoms with van der Waals surface area (Å²) >= 11 is 0. The number of amides is 2. The lowest BCUT2D eigenvalue weighted by Gasteiger charge is -2.19. The van der Waals surface area contributed by atoms with Crippen molar-refractivity contribution in [1.82, 2.24) is 24.8 Å². The molecule has 4 aromatic rings. The van der Waals surface area contributed by atoms with Crippen LogP contribution in [0.15, 0.2) is 65.4 Å². The number of likely N-dealkylation sites (tertiary alicyclic amines) is 1. The highest BCUT2D eigenvalue weighted by molar-refractivity contribution is 5.77. The van der Waals surface area contributed by atoms with Crippen LogP contribution in [0.4, 0.5) is 9.18 Å². The van der Waals surface area contributed by atoms with E-state index in [1.165, 1.54) is 12.1 Å². The van der Waals surface area contributed by atoms with Crippen LogP contribution in [0.25, 0.3) is 22.7 Å². The Morgan fingerprint density at radius 3 is 2.87 bits per heavy atom. The third-order valence-electron chi connectivity index (χ3n) is 5.36. The Labute approximate surface area is 172 Å². The zero-order chi connectivity index (χ0) is 20.5. The highest BCUT2D eigenvalue weighted by Crippen LogP contribution is 2.32. The van der Waals surface area contributed by atoms with Crippen LogP contribution in [-0.2, 0) is 6.54 Å². The number of furan rings is 1. The first-order valence-electron chi connectivity index (χ1n) is 9.83. The van der Waals surface area contributed by atoms with Gasteiger partial charge >= 0.3 is 6.03 Å². The minimum atomic E-state index is -0.291. The molecule has 2 amide bonds. The normalized spacial score (nSPS) is 16.3. The molecule has 7 nitrogen and oxygen atoms in total. The number of halogens is 1. The summed E-state index contributed by atoms with van der Waals surface area (Å²) in [5.41, 5.74) is 2.43. The lowest BCUT2D eigenvalue weighted by atomic mass is 10.2. The van der Waals surface area contributed by atoms with Crippen LogP contribution in [0, 0.1) is 5.82 Å². The lowest BCUT2D eigenvalue weighted by Crippen LogP contribution is -2.38. The Kier molecular flexibility index (Phi) is 4.66. The van der Waals surface area contributed by atoms with Gasteiger partial charge in [0.15, 0.2) is 17.2 Å². The molecule has 0 saturated carbocycles. The van der Waals surface area contributed by atoms with Gasteiger partial charge in [0.25, 0.3) is 0 Å². The Bertz CT molecular complexity index is 1170. The summed E-state index contributed by atoms with van der Waals surface area (Å²) in [4.78, 5) is 23.7. The van der Waals surface area contributed by atoms with E-state index in [0.717, 1.165) is 23.1 Å². The number of benzene rings is 1. The van der Waals surface area contributed by atoms with Crippen LogP contribution in [0.3, 0.4) is 0 Å². The van der Waals surface area contributed by atoms with Gasteiger partial charge in [0, 0.05) is 25.8 Å². The van der Waals surface area contributed by atoms with E-state index in [9.17, 15) is 9.18 Å². The molecule has 0 spiro atoms. The second-order valence-electron chi connectivity index (χ2n) is 7.30. The predicted octanol–water partition coefficient (Wildman–Crippen LogP) is 3.99. The number of urea groups is 1. The third kappa shape index (κ3) is 3.41. The SMILES string of the molecule is O=C(NCc1ccc(F)cc1)N1CC[C@H](n2c(-c3ccco3)nc3cccnc32)C1. The number of hydrogen-bond donors (Lipinski definition) is 1. The number of hydrogen-bond acceptors (Lipinski definition) is 4. The van der Waals surface area contributed by atoms with Crippen molar-refractivity contribution in [2.24, 2.45) is 0 Å². The summed E-state index contributed by atoms with van der Waals surface area (Å²) in [5.74, 6) is 1.10.